The van der Waals surface area contributed by atoms with Crippen molar-refractivity contribution < 1.29 is 4.39 Å². The Balaban J connectivity index is 1.87. The standard InChI is InChI=1S/C21H16FN7/c1-12(29-21-15(9-23)20(24)27-11-28-21)16-10-26-18-8-13(22)5-6-14(18)19(16)17-4-2-3-7-25-17/h2-8,10-12H,1H3,(H3,24,27,28,29). The van der Waals surface area contributed by atoms with Crippen LogP contribution in [0, 0.1) is 17.1 Å². The molecule has 0 aliphatic carbocycles. The molecule has 29 heavy (non-hydrogen) atoms. The summed E-state index contributed by atoms with van der Waals surface area (Å²) in [7, 11) is 0. The van der Waals surface area contributed by atoms with Crippen LogP contribution < -0.4 is 11.1 Å². The summed E-state index contributed by atoms with van der Waals surface area (Å²) in [6.45, 7) is 1.91. The number of nitrogens with one attached hydrogen (secondary N) is 1. The zero-order chi connectivity index (χ0) is 20.4. The number of nitrogen functional groups attached to an aromatic ring is 1. The van der Waals surface area contributed by atoms with E-state index in [2.05, 4.69) is 25.3 Å². The summed E-state index contributed by atoms with van der Waals surface area (Å²) in [6, 6.07) is 11.8. The van der Waals surface area contributed by atoms with E-state index in [1.807, 2.05) is 31.2 Å². The molecule has 4 aromatic rings. The second kappa shape index (κ2) is 7.48. The molecule has 142 valence electrons. The summed E-state index contributed by atoms with van der Waals surface area (Å²) in [5, 5.41) is 13.4. The van der Waals surface area contributed by atoms with E-state index in [-0.39, 0.29) is 23.2 Å². The van der Waals surface area contributed by atoms with Gasteiger partial charge in [-0.15, -0.1) is 0 Å². The van der Waals surface area contributed by atoms with Crippen LogP contribution in [0.15, 0.2) is 55.1 Å². The fourth-order valence-electron chi connectivity index (χ4n) is 3.21. The number of nitriles is 1. The lowest BCUT2D eigenvalue weighted by atomic mass is 9.96. The third kappa shape index (κ3) is 3.41. The fraction of sp³-hybridized carbons (Fsp3) is 0.0952. The Hall–Kier alpha value is -4.12. The monoisotopic (exact) mass is 385 g/mol. The molecule has 0 radical (unpaired) electrons. The van der Waals surface area contributed by atoms with Gasteiger partial charge in [0.1, 0.15) is 35.4 Å². The van der Waals surface area contributed by atoms with E-state index in [0.717, 1.165) is 22.2 Å². The summed E-state index contributed by atoms with van der Waals surface area (Å²) >= 11 is 0. The highest BCUT2D eigenvalue weighted by molar-refractivity contribution is 5.95. The number of hydrogen-bond donors (Lipinski definition) is 2. The summed E-state index contributed by atoms with van der Waals surface area (Å²) in [6.07, 6.45) is 4.68. The van der Waals surface area contributed by atoms with Crippen molar-refractivity contribution in [1.29, 1.82) is 5.26 Å². The second-order valence-corrected chi connectivity index (χ2v) is 6.43. The molecule has 0 saturated carbocycles. The zero-order valence-corrected chi connectivity index (χ0v) is 15.5. The van der Waals surface area contributed by atoms with Crippen LogP contribution in [-0.4, -0.2) is 19.9 Å². The first kappa shape index (κ1) is 18.3. The van der Waals surface area contributed by atoms with Crippen LogP contribution in [-0.2, 0) is 0 Å². The SMILES string of the molecule is CC(Nc1ncnc(N)c1C#N)c1cnc2cc(F)ccc2c1-c1ccccn1. The molecule has 1 aromatic carbocycles. The maximum absolute atomic E-state index is 13.7. The van der Waals surface area contributed by atoms with Gasteiger partial charge < -0.3 is 11.1 Å². The van der Waals surface area contributed by atoms with Gasteiger partial charge in [0, 0.05) is 35.0 Å². The van der Waals surface area contributed by atoms with Gasteiger partial charge in [-0.1, -0.05) is 6.07 Å². The number of anilines is 2. The van der Waals surface area contributed by atoms with Gasteiger partial charge in [0.05, 0.1) is 17.3 Å². The molecule has 0 bridgehead atoms. The van der Waals surface area contributed by atoms with E-state index < -0.39 is 0 Å². The molecule has 1 atom stereocenters. The van der Waals surface area contributed by atoms with Crippen molar-refractivity contribution in [2.45, 2.75) is 13.0 Å². The third-order valence-corrected chi connectivity index (χ3v) is 4.59. The molecule has 3 aromatic heterocycles. The van der Waals surface area contributed by atoms with Crippen LogP contribution >= 0.6 is 0 Å². The number of rotatable bonds is 4. The summed E-state index contributed by atoms with van der Waals surface area (Å²) in [5.74, 6) is 0.0824. The molecular formula is C21H16FN7. The minimum Gasteiger partial charge on any atom is -0.382 e. The van der Waals surface area contributed by atoms with Gasteiger partial charge >= 0.3 is 0 Å². The molecule has 3 heterocycles. The predicted molar refractivity (Wildman–Crippen MR) is 108 cm³/mol. The Kier molecular flexibility index (Phi) is 4.71. The molecule has 7 nitrogen and oxygen atoms in total. The lowest BCUT2D eigenvalue weighted by Crippen LogP contribution is -2.13. The van der Waals surface area contributed by atoms with Crippen molar-refractivity contribution in [3.63, 3.8) is 0 Å². The van der Waals surface area contributed by atoms with Crippen molar-refractivity contribution >= 4 is 22.5 Å². The van der Waals surface area contributed by atoms with Crippen molar-refractivity contribution in [3.8, 4) is 17.3 Å². The molecule has 0 spiro atoms. The van der Waals surface area contributed by atoms with Crippen LogP contribution in [0.1, 0.15) is 24.1 Å². The van der Waals surface area contributed by atoms with Gasteiger partial charge in [-0.05, 0) is 31.2 Å². The van der Waals surface area contributed by atoms with E-state index in [1.54, 1.807) is 18.5 Å². The van der Waals surface area contributed by atoms with Gasteiger partial charge in [0.15, 0.2) is 0 Å². The molecule has 1 unspecified atom stereocenters. The van der Waals surface area contributed by atoms with E-state index >= 15 is 0 Å². The minimum absolute atomic E-state index is 0.106. The highest BCUT2D eigenvalue weighted by atomic mass is 19.1. The van der Waals surface area contributed by atoms with Gasteiger partial charge in [-0.2, -0.15) is 5.26 Å². The highest BCUT2D eigenvalue weighted by Crippen LogP contribution is 2.35. The molecule has 0 aliphatic heterocycles. The lowest BCUT2D eigenvalue weighted by molar-refractivity contribution is 0.629. The third-order valence-electron chi connectivity index (χ3n) is 4.59. The maximum atomic E-state index is 13.7. The molecular weight excluding hydrogens is 369 g/mol. The van der Waals surface area contributed by atoms with E-state index in [4.69, 9.17) is 5.73 Å². The summed E-state index contributed by atoms with van der Waals surface area (Å²) in [5.41, 5.74) is 8.88. The van der Waals surface area contributed by atoms with Crippen LogP contribution in [0.25, 0.3) is 22.2 Å². The molecule has 0 fully saturated rings. The largest absolute Gasteiger partial charge is 0.382 e. The Labute approximate surface area is 166 Å². The number of pyridine rings is 2. The first-order chi connectivity index (χ1) is 14.1. The molecule has 4 rings (SSSR count). The number of aromatic nitrogens is 4. The Bertz CT molecular complexity index is 1240. The van der Waals surface area contributed by atoms with Gasteiger partial charge in [0.2, 0.25) is 0 Å². The van der Waals surface area contributed by atoms with Gasteiger partial charge in [-0.25, -0.2) is 14.4 Å². The average Bonchev–Trinajstić information content (AvgIpc) is 2.73. The van der Waals surface area contributed by atoms with E-state index in [0.29, 0.717) is 11.3 Å². The van der Waals surface area contributed by atoms with Gasteiger partial charge in [0.25, 0.3) is 0 Å². The second-order valence-electron chi connectivity index (χ2n) is 6.43. The van der Waals surface area contributed by atoms with E-state index in [9.17, 15) is 9.65 Å². The number of fused-ring (bicyclic) bond motifs is 1. The molecule has 0 amide bonds. The Morgan fingerprint density at radius 3 is 2.76 bits per heavy atom. The quantitative estimate of drug-likeness (QED) is 0.548. The van der Waals surface area contributed by atoms with Crippen molar-refractivity contribution in [1.82, 2.24) is 19.9 Å². The first-order valence-electron chi connectivity index (χ1n) is 8.85. The highest BCUT2D eigenvalue weighted by Gasteiger charge is 2.19. The smallest absolute Gasteiger partial charge is 0.150 e. The zero-order valence-electron chi connectivity index (χ0n) is 15.5. The molecule has 8 heteroatoms. The summed E-state index contributed by atoms with van der Waals surface area (Å²) < 4.78 is 13.7. The number of hydrogen-bond acceptors (Lipinski definition) is 7. The first-order valence-corrected chi connectivity index (χ1v) is 8.85. The molecule has 0 aliphatic rings. The van der Waals surface area contributed by atoms with Crippen LogP contribution in [0.5, 0.6) is 0 Å². The molecule has 0 saturated heterocycles. The Morgan fingerprint density at radius 1 is 1.14 bits per heavy atom. The number of nitrogens with two attached hydrogens (primary N) is 1. The summed E-state index contributed by atoms with van der Waals surface area (Å²) in [4.78, 5) is 16.9. The number of benzene rings is 1. The fourth-order valence-corrected chi connectivity index (χ4v) is 3.21. The van der Waals surface area contributed by atoms with Gasteiger partial charge in [-0.3, -0.25) is 9.97 Å². The molecule has 3 N–H and O–H groups in total. The van der Waals surface area contributed by atoms with Crippen molar-refractivity contribution in [3.05, 3.63) is 72.1 Å². The maximum Gasteiger partial charge on any atom is 0.150 e. The number of halogens is 1. The lowest BCUT2D eigenvalue weighted by Gasteiger charge is -2.20. The van der Waals surface area contributed by atoms with Crippen LogP contribution in [0.2, 0.25) is 0 Å². The number of nitrogens with zero attached hydrogens (tertiary/aromatic N) is 5. The van der Waals surface area contributed by atoms with Crippen molar-refractivity contribution in [2.75, 3.05) is 11.1 Å². The van der Waals surface area contributed by atoms with Crippen LogP contribution in [0.3, 0.4) is 0 Å². The topological polar surface area (TPSA) is 113 Å². The predicted octanol–water partition coefficient (Wildman–Crippen LogP) is 3.85. The minimum atomic E-state index is -0.356. The Morgan fingerprint density at radius 2 is 2.00 bits per heavy atom. The average molecular weight is 385 g/mol. The van der Waals surface area contributed by atoms with Crippen molar-refractivity contribution in [2.24, 2.45) is 0 Å². The normalized spacial score (nSPS) is 11.8. The van der Waals surface area contributed by atoms with Crippen LogP contribution in [0.4, 0.5) is 16.0 Å². The van der Waals surface area contributed by atoms with E-state index in [1.165, 1.54) is 18.5 Å².